The lowest BCUT2D eigenvalue weighted by Crippen LogP contribution is -2.03. The van der Waals surface area contributed by atoms with Gasteiger partial charge in [-0.2, -0.15) is 4.68 Å². The highest BCUT2D eigenvalue weighted by Gasteiger charge is 2.14. The molecule has 0 fully saturated rings. The molecule has 6 nitrogen and oxygen atoms in total. The van der Waals surface area contributed by atoms with Crippen LogP contribution in [0.15, 0.2) is 59.8 Å². The molecule has 2 heterocycles. The van der Waals surface area contributed by atoms with E-state index in [0.717, 1.165) is 27.9 Å². The van der Waals surface area contributed by atoms with Crippen molar-refractivity contribution in [3.63, 3.8) is 0 Å². The van der Waals surface area contributed by atoms with Gasteiger partial charge in [-0.05, 0) is 41.6 Å². The quantitative estimate of drug-likeness (QED) is 0.351. The minimum absolute atomic E-state index is 0.495. The number of nitrogens with zero attached hydrogens (tertiary/aromatic N) is 5. The molecule has 27 heavy (non-hydrogen) atoms. The molecule has 0 N–H and O–H groups in total. The number of aromatic nitrogens is 5. The molecule has 0 aliphatic heterocycles. The molecule has 0 saturated heterocycles. The minimum atomic E-state index is 0.495. The Morgan fingerprint density at radius 2 is 1.93 bits per heavy atom. The van der Waals surface area contributed by atoms with Crippen LogP contribution in [0, 0.1) is 0 Å². The van der Waals surface area contributed by atoms with Gasteiger partial charge >= 0.3 is 0 Å². The first-order valence-electron chi connectivity index (χ1n) is 8.44. The average Bonchev–Trinajstić information content (AvgIpc) is 3.15. The lowest BCUT2D eigenvalue weighted by molar-refractivity contribution is 0.337. The number of hydrogen-bond acceptors (Lipinski definition) is 6. The Morgan fingerprint density at radius 1 is 1.11 bits per heavy atom. The second-order valence-corrected chi connectivity index (χ2v) is 6.99. The van der Waals surface area contributed by atoms with Gasteiger partial charge in [0.05, 0.1) is 12.1 Å². The van der Waals surface area contributed by atoms with Gasteiger partial charge in [0.1, 0.15) is 16.6 Å². The number of fused-ring (bicyclic) bond motifs is 1. The van der Waals surface area contributed by atoms with Gasteiger partial charge in [-0.3, -0.25) is 0 Å². The third-order valence-electron chi connectivity index (χ3n) is 3.94. The normalized spacial score (nSPS) is 11.0. The van der Waals surface area contributed by atoms with Gasteiger partial charge in [-0.25, -0.2) is 4.98 Å². The van der Waals surface area contributed by atoms with Crippen molar-refractivity contribution in [3.05, 3.63) is 65.3 Å². The van der Waals surface area contributed by atoms with Gasteiger partial charge in [0, 0.05) is 16.7 Å². The SMILES string of the molecule is CCOc1ccccc1-n1nnnc1SCc1cc2ccccc2nc1Cl. The summed E-state index contributed by atoms with van der Waals surface area (Å²) < 4.78 is 7.37. The monoisotopic (exact) mass is 397 g/mol. The van der Waals surface area contributed by atoms with Gasteiger partial charge in [-0.15, -0.1) is 5.10 Å². The van der Waals surface area contributed by atoms with Crippen LogP contribution in [-0.2, 0) is 5.75 Å². The van der Waals surface area contributed by atoms with E-state index in [0.29, 0.717) is 22.7 Å². The first-order chi connectivity index (χ1) is 13.3. The molecule has 0 atom stereocenters. The number of tetrazole rings is 1. The molecule has 0 bridgehead atoms. The van der Waals surface area contributed by atoms with Crippen LogP contribution < -0.4 is 4.74 Å². The largest absolute Gasteiger partial charge is 0.492 e. The Kier molecular flexibility index (Phi) is 5.22. The van der Waals surface area contributed by atoms with Crippen molar-refractivity contribution < 1.29 is 4.74 Å². The third kappa shape index (κ3) is 3.74. The van der Waals surface area contributed by atoms with Gasteiger partial charge in [0.2, 0.25) is 5.16 Å². The van der Waals surface area contributed by atoms with Gasteiger partial charge in [0.15, 0.2) is 0 Å². The summed E-state index contributed by atoms with van der Waals surface area (Å²) in [5.41, 5.74) is 2.62. The number of hydrogen-bond donors (Lipinski definition) is 0. The van der Waals surface area contributed by atoms with E-state index in [4.69, 9.17) is 16.3 Å². The predicted octanol–water partition coefficient (Wildman–Crippen LogP) is 4.55. The number of pyridine rings is 1. The van der Waals surface area contributed by atoms with Crippen LogP contribution in [0.2, 0.25) is 5.15 Å². The molecule has 136 valence electrons. The molecule has 0 unspecified atom stereocenters. The fraction of sp³-hybridized carbons (Fsp3) is 0.158. The van der Waals surface area contributed by atoms with Crippen molar-refractivity contribution in [2.75, 3.05) is 6.61 Å². The lowest BCUT2D eigenvalue weighted by atomic mass is 10.2. The smallest absolute Gasteiger partial charge is 0.214 e. The molecule has 4 aromatic rings. The summed E-state index contributed by atoms with van der Waals surface area (Å²) in [6, 6.07) is 17.6. The van der Waals surface area contributed by atoms with Crippen LogP contribution in [0.25, 0.3) is 16.6 Å². The van der Waals surface area contributed by atoms with Crippen LogP contribution in [0.1, 0.15) is 12.5 Å². The highest BCUT2D eigenvalue weighted by molar-refractivity contribution is 7.98. The maximum absolute atomic E-state index is 6.36. The van der Waals surface area contributed by atoms with Crippen molar-refractivity contribution in [2.45, 2.75) is 17.8 Å². The van der Waals surface area contributed by atoms with E-state index in [9.17, 15) is 0 Å². The molecule has 0 aliphatic carbocycles. The van der Waals surface area contributed by atoms with E-state index in [-0.39, 0.29) is 0 Å². The van der Waals surface area contributed by atoms with Crippen molar-refractivity contribution >= 4 is 34.3 Å². The Balaban J connectivity index is 1.61. The zero-order valence-electron chi connectivity index (χ0n) is 14.5. The van der Waals surface area contributed by atoms with Gasteiger partial charge < -0.3 is 4.74 Å². The fourth-order valence-corrected chi connectivity index (χ4v) is 3.86. The molecular formula is C19H16ClN5OS. The van der Waals surface area contributed by atoms with Crippen LogP contribution in [0.5, 0.6) is 5.75 Å². The third-order valence-corrected chi connectivity index (χ3v) is 5.24. The van der Waals surface area contributed by atoms with E-state index >= 15 is 0 Å². The fourth-order valence-electron chi connectivity index (χ4n) is 2.71. The maximum atomic E-state index is 6.36. The highest BCUT2D eigenvalue weighted by atomic mass is 35.5. The molecule has 0 aliphatic rings. The molecule has 8 heteroatoms. The summed E-state index contributed by atoms with van der Waals surface area (Å²) in [6.07, 6.45) is 0. The number of halogens is 1. The molecule has 0 saturated carbocycles. The Hall–Kier alpha value is -2.64. The van der Waals surface area contributed by atoms with E-state index in [1.54, 1.807) is 4.68 Å². The molecule has 0 radical (unpaired) electrons. The number of para-hydroxylation sites is 3. The first-order valence-corrected chi connectivity index (χ1v) is 9.80. The summed E-state index contributed by atoms with van der Waals surface area (Å²) in [4.78, 5) is 4.47. The van der Waals surface area contributed by atoms with Crippen LogP contribution in [-0.4, -0.2) is 31.8 Å². The second kappa shape index (κ2) is 7.94. The standard InChI is InChI=1S/C19H16ClN5OS/c1-2-26-17-10-6-5-9-16(17)25-19(22-23-24-25)27-12-14-11-13-7-3-4-8-15(13)21-18(14)20/h3-11H,2,12H2,1H3. The molecular weight excluding hydrogens is 382 g/mol. The van der Waals surface area contributed by atoms with Crippen molar-refractivity contribution in [3.8, 4) is 11.4 Å². The lowest BCUT2D eigenvalue weighted by Gasteiger charge is -2.10. The predicted molar refractivity (Wildman–Crippen MR) is 107 cm³/mol. The highest BCUT2D eigenvalue weighted by Crippen LogP contribution is 2.30. The van der Waals surface area contributed by atoms with E-state index < -0.39 is 0 Å². The summed E-state index contributed by atoms with van der Waals surface area (Å²) in [7, 11) is 0. The van der Waals surface area contributed by atoms with Gasteiger partial charge in [0.25, 0.3) is 0 Å². The van der Waals surface area contributed by atoms with E-state index in [1.807, 2.05) is 55.5 Å². The van der Waals surface area contributed by atoms with Crippen LogP contribution in [0.3, 0.4) is 0 Å². The van der Waals surface area contributed by atoms with Crippen molar-refractivity contribution in [1.29, 1.82) is 0 Å². The van der Waals surface area contributed by atoms with E-state index in [1.165, 1.54) is 11.8 Å². The Labute approximate surface area is 165 Å². The maximum Gasteiger partial charge on any atom is 0.214 e. The summed E-state index contributed by atoms with van der Waals surface area (Å²) >= 11 is 7.86. The summed E-state index contributed by atoms with van der Waals surface area (Å²) in [6.45, 7) is 2.51. The zero-order valence-corrected chi connectivity index (χ0v) is 16.1. The number of rotatable bonds is 6. The average molecular weight is 398 g/mol. The molecule has 0 spiro atoms. The summed E-state index contributed by atoms with van der Waals surface area (Å²) in [5.74, 6) is 1.34. The number of benzene rings is 2. The number of thioether (sulfide) groups is 1. The first kappa shape index (κ1) is 17.8. The Morgan fingerprint density at radius 3 is 2.81 bits per heavy atom. The summed E-state index contributed by atoms with van der Waals surface area (Å²) in [5, 5.41) is 14.3. The van der Waals surface area contributed by atoms with Gasteiger partial charge in [-0.1, -0.05) is 53.7 Å². The number of ether oxygens (including phenoxy) is 1. The molecule has 4 rings (SSSR count). The van der Waals surface area contributed by atoms with Crippen molar-refractivity contribution in [2.24, 2.45) is 0 Å². The molecule has 2 aromatic heterocycles. The van der Waals surface area contributed by atoms with Crippen molar-refractivity contribution in [1.82, 2.24) is 25.2 Å². The molecule has 2 aromatic carbocycles. The zero-order chi connectivity index (χ0) is 18.6. The van der Waals surface area contributed by atoms with E-state index in [2.05, 4.69) is 26.6 Å². The topological polar surface area (TPSA) is 65.7 Å². The Bertz CT molecular complexity index is 1080. The molecule has 0 amide bonds. The van der Waals surface area contributed by atoms with Crippen LogP contribution in [0.4, 0.5) is 0 Å². The minimum Gasteiger partial charge on any atom is -0.492 e. The second-order valence-electron chi connectivity index (χ2n) is 5.69. The van der Waals surface area contributed by atoms with Crippen LogP contribution >= 0.6 is 23.4 Å².